The molecule has 172 valence electrons. The van der Waals surface area contributed by atoms with Crippen LogP contribution in [0.2, 0.25) is 0 Å². The van der Waals surface area contributed by atoms with Gasteiger partial charge < -0.3 is 14.4 Å². The number of likely N-dealkylation sites (N-methyl/N-ethyl adjacent to an activating group) is 1. The van der Waals surface area contributed by atoms with Gasteiger partial charge in [-0.2, -0.15) is 0 Å². The smallest absolute Gasteiger partial charge is 0.411 e. The van der Waals surface area contributed by atoms with Crippen LogP contribution < -0.4 is 4.74 Å². The highest BCUT2D eigenvalue weighted by atomic mass is 19.1. The summed E-state index contributed by atoms with van der Waals surface area (Å²) in [5, 5.41) is 0. The number of hydrogen-bond acceptors (Lipinski definition) is 4. The summed E-state index contributed by atoms with van der Waals surface area (Å²) < 4.78 is 25.1. The van der Waals surface area contributed by atoms with Crippen molar-refractivity contribution in [2.45, 2.75) is 57.9 Å². The number of hydrogen-bond donors (Lipinski definition) is 0. The Bertz CT molecular complexity index is 953. The van der Waals surface area contributed by atoms with E-state index in [1.807, 2.05) is 12.1 Å². The van der Waals surface area contributed by atoms with E-state index >= 15 is 0 Å². The topological polar surface area (TPSA) is 59.1 Å². The second-order valence-electron chi connectivity index (χ2n) is 9.18. The van der Waals surface area contributed by atoms with Crippen LogP contribution in [0.3, 0.4) is 0 Å². The second kappa shape index (κ2) is 9.59. The molecule has 0 bridgehead atoms. The number of nitrogens with zero attached hydrogens (tertiary/aromatic N) is 2. The first-order valence-electron chi connectivity index (χ1n) is 10.8. The average Bonchev–Trinajstić information content (AvgIpc) is 3.17. The molecule has 0 aromatic heterocycles. The summed E-state index contributed by atoms with van der Waals surface area (Å²) in [5.74, 6) is 0.169. The molecule has 1 aliphatic heterocycles. The van der Waals surface area contributed by atoms with Crippen LogP contribution in [-0.4, -0.2) is 47.5 Å². The van der Waals surface area contributed by atoms with Gasteiger partial charge in [0.1, 0.15) is 29.8 Å². The summed E-state index contributed by atoms with van der Waals surface area (Å²) in [6.07, 6.45) is 0.714. The molecule has 1 saturated heterocycles. The molecule has 0 saturated carbocycles. The summed E-state index contributed by atoms with van der Waals surface area (Å²) in [6, 6.07) is 13.0. The number of benzene rings is 2. The summed E-state index contributed by atoms with van der Waals surface area (Å²) in [7, 11) is 3.37. The molecule has 7 heteroatoms. The van der Waals surface area contributed by atoms with Crippen molar-refractivity contribution < 1.29 is 23.5 Å². The van der Waals surface area contributed by atoms with Crippen LogP contribution in [0, 0.1) is 5.82 Å². The predicted molar refractivity (Wildman–Crippen MR) is 120 cm³/mol. The van der Waals surface area contributed by atoms with Crippen LogP contribution in [0.5, 0.6) is 5.75 Å². The van der Waals surface area contributed by atoms with Crippen molar-refractivity contribution >= 4 is 12.0 Å². The maximum Gasteiger partial charge on any atom is 0.411 e. The Morgan fingerprint density at radius 3 is 2.31 bits per heavy atom. The first-order valence-corrected chi connectivity index (χ1v) is 10.8. The van der Waals surface area contributed by atoms with Crippen LogP contribution in [0.25, 0.3) is 0 Å². The minimum atomic E-state index is -0.666. The third-order valence-corrected chi connectivity index (χ3v) is 5.33. The summed E-state index contributed by atoms with van der Waals surface area (Å²) in [5.41, 5.74) is 0.706. The molecule has 1 aliphatic rings. The molecule has 1 heterocycles. The molecule has 2 atom stereocenters. The number of amides is 2. The lowest BCUT2D eigenvalue weighted by molar-refractivity contribution is -0.133. The quantitative estimate of drug-likeness (QED) is 0.659. The van der Waals surface area contributed by atoms with E-state index in [4.69, 9.17) is 9.47 Å². The van der Waals surface area contributed by atoms with E-state index in [2.05, 4.69) is 0 Å². The van der Waals surface area contributed by atoms with Gasteiger partial charge in [-0.05, 0) is 57.4 Å². The first kappa shape index (κ1) is 23.6. The molecular formula is C25H31FN2O4. The molecular weight excluding hydrogens is 411 g/mol. The van der Waals surface area contributed by atoms with Crippen molar-refractivity contribution in [3.05, 3.63) is 65.5 Å². The fourth-order valence-corrected chi connectivity index (χ4v) is 3.81. The summed E-state index contributed by atoms with van der Waals surface area (Å²) >= 11 is 0. The van der Waals surface area contributed by atoms with Gasteiger partial charge in [0.15, 0.2) is 0 Å². The van der Waals surface area contributed by atoms with E-state index in [1.165, 1.54) is 11.0 Å². The second-order valence-corrected chi connectivity index (χ2v) is 9.18. The lowest BCUT2D eigenvalue weighted by Crippen LogP contribution is -2.48. The van der Waals surface area contributed by atoms with E-state index in [0.717, 1.165) is 5.56 Å². The number of halogens is 1. The Hall–Kier alpha value is -3.09. The van der Waals surface area contributed by atoms with Gasteiger partial charge in [0.2, 0.25) is 5.91 Å². The highest BCUT2D eigenvalue weighted by Crippen LogP contribution is 2.38. The fourth-order valence-electron chi connectivity index (χ4n) is 3.81. The zero-order chi connectivity index (χ0) is 23.5. The Kier molecular flexibility index (Phi) is 7.06. The van der Waals surface area contributed by atoms with Crippen molar-refractivity contribution in [2.24, 2.45) is 0 Å². The van der Waals surface area contributed by atoms with Crippen molar-refractivity contribution in [3.8, 4) is 5.75 Å². The van der Waals surface area contributed by atoms with Gasteiger partial charge in [0.25, 0.3) is 0 Å². The fraction of sp³-hybridized carbons (Fsp3) is 0.440. The normalized spacial score (nSPS) is 18.4. The Labute approximate surface area is 188 Å². The van der Waals surface area contributed by atoms with E-state index in [9.17, 15) is 14.0 Å². The van der Waals surface area contributed by atoms with Gasteiger partial charge in [-0.25, -0.2) is 9.18 Å². The molecule has 2 aromatic rings. The maximum atomic E-state index is 13.8. The van der Waals surface area contributed by atoms with Crippen molar-refractivity contribution in [1.82, 2.24) is 9.80 Å². The van der Waals surface area contributed by atoms with Crippen LogP contribution in [0.1, 0.15) is 50.8 Å². The molecule has 0 N–H and O–H groups in total. The number of carbonyl (C=O) groups excluding carboxylic acids is 2. The molecule has 0 aliphatic carbocycles. The monoisotopic (exact) mass is 442 g/mol. The highest BCUT2D eigenvalue weighted by molar-refractivity contribution is 5.86. The van der Waals surface area contributed by atoms with Gasteiger partial charge in [-0.3, -0.25) is 9.69 Å². The van der Waals surface area contributed by atoms with Crippen molar-refractivity contribution in [2.75, 3.05) is 14.1 Å². The predicted octanol–water partition coefficient (Wildman–Crippen LogP) is 4.93. The number of likely N-dealkylation sites (tertiary alicyclic amines) is 1. The van der Waals surface area contributed by atoms with E-state index in [1.54, 1.807) is 70.1 Å². The minimum Gasteiger partial charge on any atom is -0.489 e. The largest absolute Gasteiger partial charge is 0.489 e. The zero-order valence-electron chi connectivity index (χ0n) is 19.3. The Morgan fingerprint density at radius 1 is 1.06 bits per heavy atom. The highest BCUT2D eigenvalue weighted by Gasteiger charge is 2.44. The van der Waals surface area contributed by atoms with E-state index < -0.39 is 17.7 Å². The molecule has 3 rings (SSSR count). The summed E-state index contributed by atoms with van der Waals surface area (Å²) in [4.78, 5) is 28.8. The zero-order valence-corrected chi connectivity index (χ0v) is 19.3. The SMILES string of the molecule is CN(C)C(=O)[C@@H]1CC[C@H](c2ccc(OCc3ccccc3F)cc2)N1C(=O)OC(C)(C)C. The van der Waals surface area contributed by atoms with Gasteiger partial charge in [-0.1, -0.05) is 30.3 Å². The van der Waals surface area contributed by atoms with Crippen molar-refractivity contribution in [3.63, 3.8) is 0 Å². The number of carbonyl (C=O) groups is 2. The third kappa shape index (κ3) is 5.58. The molecule has 32 heavy (non-hydrogen) atoms. The average molecular weight is 443 g/mol. The molecule has 0 spiro atoms. The van der Waals surface area contributed by atoms with Crippen LogP contribution in [0.15, 0.2) is 48.5 Å². The Morgan fingerprint density at radius 2 is 1.72 bits per heavy atom. The number of rotatable bonds is 5. The lowest BCUT2D eigenvalue weighted by Gasteiger charge is -2.33. The Balaban J connectivity index is 1.77. The third-order valence-electron chi connectivity index (χ3n) is 5.33. The maximum absolute atomic E-state index is 13.8. The van der Waals surface area contributed by atoms with Crippen LogP contribution in [-0.2, 0) is 16.1 Å². The van der Waals surface area contributed by atoms with E-state index in [-0.39, 0.29) is 24.4 Å². The standard InChI is InChI=1S/C25H31FN2O4/c1-25(2,3)32-24(30)28-21(14-15-22(28)23(29)27(4)5)17-10-12-19(13-11-17)31-16-18-8-6-7-9-20(18)26/h6-13,21-22H,14-16H2,1-5H3/t21-,22+/m1/s1. The molecule has 2 amide bonds. The molecule has 0 radical (unpaired) electrons. The van der Waals surface area contributed by atoms with Crippen LogP contribution in [0.4, 0.5) is 9.18 Å². The van der Waals surface area contributed by atoms with Crippen LogP contribution >= 0.6 is 0 Å². The molecule has 0 unspecified atom stereocenters. The number of ether oxygens (including phenoxy) is 2. The van der Waals surface area contributed by atoms with E-state index in [0.29, 0.717) is 24.2 Å². The molecule has 1 fully saturated rings. The minimum absolute atomic E-state index is 0.122. The summed E-state index contributed by atoms with van der Waals surface area (Å²) in [6.45, 7) is 5.54. The molecule has 6 nitrogen and oxygen atoms in total. The lowest BCUT2D eigenvalue weighted by atomic mass is 10.0. The van der Waals surface area contributed by atoms with Crippen molar-refractivity contribution in [1.29, 1.82) is 0 Å². The van der Waals surface area contributed by atoms with Gasteiger partial charge >= 0.3 is 6.09 Å². The molecule has 2 aromatic carbocycles. The van der Waals surface area contributed by atoms with Gasteiger partial charge in [0.05, 0.1) is 6.04 Å². The van der Waals surface area contributed by atoms with Gasteiger partial charge in [-0.15, -0.1) is 0 Å². The first-order chi connectivity index (χ1) is 15.1. The van der Waals surface area contributed by atoms with Gasteiger partial charge in [0, 0.05) is 19.7 Å².